The van der Waals surface area contributed by atoms with Gasteiger partial charge >= 0.3 is 0 Å². The van der Waals surface area contributed by atoms with Gasteiger partial charge in [-0.3, -0.25) is 4.99 Å². The summed E-state index contributed by atoms with van der Waals surface area (Å²) in [5, 5.41) is 9.90. The molecule has 0 saturated carbocycles. The number of aliphatic hydroxyl groups is 1. The summed E-state index contributed by atoms with van der Waals surface area (Å²) in [6.07, 6.45) is 3.49. The van der Waals surface area contributed by atoms with Crippen molar-refractivity contribution in [3.8, 4) is 0 Å². The van der Waals surface area contributed by atoms with Crippen molar-refractivity contribution in [1.29, 1.82) is 0 Å². The minimum absolute atomic E-state index is 0.723. The first-order valence-corrected chi connectivity index (χ1v) is 5.54. The number of hydrogen-bond donors (Lipinski definition) is 1. The summed E-state index contributed by atoms with van der Waals surface area (Å²) in [5.74, 6) is 0.986. The summed E-state index contributed by atoms with van der Waals surface area (Å²) in [7, 11) is 0. The Kier molecular flexibility index (Phi) is 6.48. The highest BCUT2D eigenvalue weighted by atomic mass is 32.2. The Labute approximate surface area is 79.5 Å². The number of aliphatic imine (C=N–C) groups is 1. The molecule has 0 aromatic carbocycles. The molecule has 0 fully saturated rings. The Morgan fingerprint density at radius 3 is 2.50 bits per heavy atom. The van der Waals surface area contributed by atoms with Crippen LogP contribution in [0.2, 0.25) is 0 Å². The molecular formula is C9H19NOS. The minimum atomic E-state index is -0.730. The Morgan fingerprint density at radius 2 is 2.08 bits per heavy atom. The van der Waals surface area contributed by atoms with Gasteiger partial charge < -0.3 is 5.11 Å². The molecule has 0 bridgehead atoms. The Bertz CT molecular complexity index is 138. The van der Waals surface area contributed by atoms with E-state index in [9.17, 15) is 5.11 Å². The molecule has 0 aromatic rings. The van der Waals surface area contributed by atoms with Gasteiger partial charge in [0.2, 0.25) is 0 Å². The first-order chi connectivity index (χ1) is 5.68. The average molecular weight is 189 g/mol. The maximum Gasteiger partial charge on any atom is 0.145 e. The van der Waals surface area contributed by atoms with Gasteiger partial charge in [-0.1, -0.05) is 13.8 Å². The number of thioether (sulfide) groups is 1. The van der Waals surface area contributed by atoms with Crippen LogP contribution in [0.3, 0.4) is 0 Å². The third-order valence-corrected chi connectivity index (χ3v) is 3.04. The van der Waals surface area contributed by atoms with Crippen molar-refractivity contribution in [3.05, 3.63) is 0 Å². The van der Waals surface area contributed by atoms with Crippen LogP contribution in [0.25, 0.3) is 0 Å². The molecule has 0 radical (unpaired) electrons. The van der Waals surface area contributed by atoms with Crippen LogP contribution in [0.15, 0.2) is 4.99 Å². The molecule has 3 heteroatoms. The lowest BCUT2D eigenvalue weighted by Gasteiger charge is -2.20. The predicted molar refractivity (Wildman–Crippen MR) is 57.0 cm³/mol. The molecule has 0 rings (SSSR count). The molecule has 12 heavy (non-hydrogen) atoms. The van der Waals surface area contributed by atoms with Gasteiger partial charge in [0.25, 0.3) is 0 Å². The summed E-state index contributed by atoms with van der Waals surface area (Å²) in [6.45, 7) is 6.80. The molecule has 0 aliphatic heterocycles. The second kappa shape index (κ2) is 6.49. The van der Waals surface area contributed by atoms with Gasteiger partial charge in [-0.25, -0.2) is 0 Å². The molecule has 1 atom stereocenters. The second-order valence-electron chi connectivity index (χ2n) is 2.67. The topological polar surface area (TPSA) is 32.6 Å². The van der Waals surface area contributed by atoms with Gasteiger partial charge in [0.1, 0.15) is 4.93 Å². The lowest BCUT2D eigenvalue weighted by molar-refractivity contribution is 0.207. The monoisotopic (exact) mass is 189 g/mol. The quantitative estimate of drug-likeness (QED) is 0.514. The average Bonchev–Trinajstić information content (AvgIpc) is 2.11. The largest absolute Gasteiger partial charge is 0.374 e. The fraction of sp³-hybridized carbons (Fsp3) is 0.889. The zero-order valence-electron chi connectivity index (χ0n) is 8.21. The summed E-state index contributed by atoms with van der Waals surface area (Å²) >= 11 is 1.57. The number of rotatable bonds is 6. The maximum absolute atomic E-state index is 9.90. The zero-order valence-corrected chi connectivity index (χ0v) is 9.02. The molecule has 0 aliphatic carbocycles. The summed E-state index contributed by atoms with van der Waals surface area (Å²) < 4.78 is 0. The van der Waals surface area contributed by atoms with E-state index in [1.807, 2.05) is 13.8 Å². The summed E-state index contributed by atoms with van der Waals surface area (Å²) in [5.41, 5.74) is 0. The first-order valence-electron chi connectivity index (χ1n) is 4.55. The molecule has 0 saturated heterocycles. The molecule has 72 valence electrons. The Hall–Kier alpha value is -0.0200. The molecule has 0 amide bonds. The van der Waals surface area contributed by atoms with Gasteiger partial charge in [-0.15, -0.1) is 11.8 Å². The minimum Gasteiger partial charge on any atom is -0.374 e. The fourth-order valence-corrected chi connectivity index (χ4v) is 1.65. The van der Waals surface area contributed by atoms with E-state index in [0.717, 1.165) is 25.1 Å². The van der Waals surface area contributed by atoms with Crippen LogP contribution in [-0.2, 0) is 0 Å². The normalized spacial score (nSPS) is 16.7. The summed E-state index contributed by atoms with van der Waals surface area (Å²) in [6, 6.07) is 0. The lowest BCUT2D eigenvalue weighted by atomic mass is 10.3. The van der Waals surface area contributed by atoms with E-state index in [1.54, 1.807) is 18.0 Å². The highest BCUT2D eigenvalue weighted by molar-refractivity contribution is 8.01. The van der Waals surface area contributed by atoms with Crippen LogP contribution in [0.5, 0.6) is 0 Å². The second-order valence-corrected chi connectivity index (χ2v) is 4.08. The van der Waals surface area contributed by atoms with Crippen molar-refractivity contribution in [1.82, 2.24) is 0 Å². The third-order valence-electron chi connectivity index (χ3n) is 1.54. The van der Waals surface area contributed by atoms with Crippen LogP contribution in [0, 0.1) is 0 Å². The van der Waals surface area contributed by atoms with Crippen molar-refractivity contribution in [2.45, 2.75) is 38.5 Å². The molecule has 2 nitrogen and oxygen atoms in total. The van der Waals surface area contributed by atoms with Crippen molar-refractivity contribution < 1.29 is 5.11 Å². The highest BCUT2D eigenvalue weighted by Gasteiger charge is 2.21. The van der Waals surface area contributed by atoms with Gasteiger partial charge in [0, 0.05) is 12.8 Å². The molecular weight excluding hydrogens is 170 g/mol. The Morgan fingerprint density at radius 1 is 1.42 bits per heavy atom. The third kappa shape index (κ3) is 4.78. The zero-order chi connectivity index (χ0) is 9.45. The smallest absolute Gasteiger partial charge is 0.145 e. The van der Waals surface area contributed by atoms with Crippen LogP contribution < -0.4 is 0 Å². The van der Waals surface area contributed by atoms with E-state index in [4.69, 9.17) is 0 Å². The fourth-order valence-electron chi connectivity index (χ4n) is 0.743. The lowest BCUT2D eigenvalue weighted by Crippen LogP contribution is -2.25. The van der Waals surface area contributed by atoms with Crippen molar-refractivity contribution >= 4 is 18.0 Å². The van der Waals surface area contributed by atoms with E-state index in [0.29, 0.717) is 0 Å². The molecule has 1 unspecified atom stereocenters. The van der Waals surface area contributed by atoms with Crippen LogP contribution in [-0.4, -0.2) is 28.6 Å². The highest BCUT2D eigenvalue weighted by Crippen LogP contribution is 2.24. The van der Waals surface area contributed by atoms with E-state index in [1.165, 1.54) is 0 Å². The van der Waals surface area contributed by atoms with Gasteiger partial charge in [-0.2, -0.15) is 0 Å². The molecule has 0 spiro atoms. The SMILES string of the molecule is CCCSC(O)(C=NCC)CC. The van der Waals surface area contributed by atoms with E-state index in [-0.39, 0.29) is 0 Å². The van der Waals surface area contributed by atoms with Gasteiger partial charge in [0.15, 0.2) is 0 Å². The maximum atomic E-state index is 9.90. The standard InChI is InChI=1S/C9H19NOS/c1-4-7-12-9(11,5-2)8-10-6-3/h8,11H,4-7H2,1-3H3. The van der Waals surface area contributed by atoms with E-state index >= 15 is 0 Å². The molecule has 0 aromatic heterocycles. The van der Waals surface area contributed by atoms with Crippen LogP contribution in [0.1, 0.15) is 33.6 Å². The summed E-state index contributed by atoms with van der Waals surface area (Å²) in [4.78, 5) is 3.34. The molecule has 1 N–H and O–H groups in total. The van der Waals surface area contributed by atoms with E-state index in [2.05, 4.69) is 11.9 Å². The Balaban J connectivity index is 3.95. The van der Waals surface area contributed by atoms with Crippen LogP contribution in [0.4, 0.5) is 0 Å². The number of nitrogens with zero attached hydrogens (tertiary/aromatic N) is 1. The van der Waals surface area contributed by atoms with Crippen LogP contribution >= 0.6 is 11.8 Å². The van der Waals surface area contributed by atoms with Crippen molar-refractivity contribution in [3.63, 3.8) is 0 Å². The van der Waals surface area contributed by atoms with Gasteiger partial charge in [-0.05, 0) is 25.5 Å². The predicted octanol–water partition coefficient (Wildman–Crippen LogP) is 2.32. The van der Waals surface area contributed by atoms with Crippen molar-refractivity contribution in [2.75, 3.05) is 12.3 Å². The molecule has 0 heterocycles. The number of hydrogen-bond acceptors (Lipinski definition) is 3. The molecule has 0 aliphatic rings. The van der Waals surface area contributed by atoms with E-state index < -0.39 is 4.93 Å². The first kappa shape index (κ1) is 12.0. The van der Waals surface area contributed by atoms with Gasteiger partial charge in [0.05, 0.1) is 0 Å². The van der Waals surface area contributed by atoms with Crippen molar-refractivity contribution in [2.24, 2.45) is 4.99 Å².